The summed E-state index contributed by atoms with van der Waals surface area (Å²) in [7, 11) is 1.36. The quantitative estimate of drug-likeness (QED) is 0.556. The van der Waals surface area contributed by atoms with Gasteiger partial charge in [0, 0.05) is 0 Å². The first-order valence-electron chi connectivity index (χ1n) is 8.11. The molecule has 0 heterocycles. The van der Waals surface area contributed by atoms with Crippen LogP contribution in [0.3, 0.4) is 0 Å². The second kappa shape index (κ2) is 8.87. The Hall–Kier alpha value is -2.62. The Kier molecular flexibility index (Phi) is 6.55. The highest BCUT2D eigenvalue weighted by atomic mass is 16.5. The summed E-state index contributed by atoms with van der Waals surface area (Å²) in [6, 6.07) is 14.4. The number of hydrogen-bond donors (Lipinski definition) is 0. The maximum Gasteiger partial charge on any atom is 0.338 e. The molecular weight excluding hydrogens is 304 g/mol. The molecule has 0 unspecified atom stereocenters. The molecule has 0 amide bonds. The number of unbranched alkanes of at least 4 members (excludes halogenated alkanes) is 2. The molecule has 0 aliphatic rings. The molecule has 0 aliphatic heterocycles. The minimum atomic E-state index is -0.359. The van der Waals surface area contributed by atoms with Gasteiger partial charge in [0.1, 0.15) is 0 Å². The van der Waals surface area contributed by atoms with Crippen molar-refractivity contribution >= 4 is 11.9 Å². The zero-order valence-electron chi connectivity index (χ0n) is 14.1. The number of rotatable bonds is 7. The SMILES string of the molecule is CCCCCOC(=O)c1ccc(-c2ccc(C(=O)OC)cc2)cc1. The summed E-state index contributed by atoms with van der Waals surface area (Å²) in [5.74, 6) is -0.651. The number of esters is 2. The molecule has 0 fully saturated rings. The fourth-order valence-electron chi connectivity index (χ4n) is 2.32. The summed E-state index contributed by atoms with van der Waals surface area (Å²) in [5, 5.41) is 0. The number of carbonyl (C=O) groups is 2. The van der Waals surface area contributed by atoms with Gasteiger partial charge in [-0.15, -0.1) is 0 Å². The van der Waals surface area contributed by atoms with Crippen molar-refractivity contribution in [2.45, 2.75) is 26.2 Å². The molecule has 2 aromatic rings. The van der Waals surface area contributed by atoms with E-state index in [4.69, 9.17) is 4.74 Å². The smallest absolute Gasteiger partial charge is 0.338 e. The molecule has 0 bridgehead atoms. The Morgan fingerprint density at radius 1 is 0.792 bits per heavy atom. The maximum atomic E-state index is 11.9. The van der Waals surface area contributed by atoms with Crippen LogP contribution < -0.4 is 0 Å². The molecule has 0 aliphatic carbocycles. The van der Waals surface area contributed by atoms with Gasteiger partial charge in [-0.2, -0.15) is 0 Å². The van der Waals surface area contributed by atoms with Crippen molar-refractivity contribution in [3.8, 4) is 11.1 Å². The molecule has 24 heavy (non-hydrogen) atoms. The molecule has 0 spiro atoms. The molecular formula is C20H22O4. The first kappa shape index (κ1) is 17.7. The van der Waals surface area contributed by atoms with Crippen molar-refractivity contribution in [1.29, 1.82) is 0 Å². The average Bonchev–Trinajstić information content (AvgIpc) is 2.64. The van der Waals surface area contributed by atoms with E-state index >= 15 is 0 Å². The Balaban J connectivity index is 2.01. The van der Waals surface area contributed by atoms with Crippen LogP contribution in [0.2, 0.25) is 0 Å². The molecule has 126 valence electrons. The third-order valence-corrected chi connectivity index (χ3v) is 3.74. The fourth-order valence-corrected chi connectivity index (χ4v) is 2.32. The standard InChI is InChI=1S/C20H22O4/c1-3-4-5-14-24-20(22)18-12-8-16(9-13-18)15-6-10-17(11-7-15)19(21)23-2/h6-13H,3-5,14H2,1-2H3. The van der Waals surface area contributed by atoms with Crippen molar-refractivity contribution in [2.75, 3.05) is 13.7 Å². The van der Waals surface area contributed by atoms with E-state index in [0.29, 0.717) is 17.7 Å². The maximum absolute atomic E-state index is 11.9. The van der Waals surface area contributed by atoms with Crippen molar-refractivity contribution < 1.29 is 19.1 Å². The molecule has 2 aromatic carbocycles. The molecule has 0 radical (unpaired) electrons. The summed E-state index contributed by atoms with van der Waals surface area (Å²) < 4.78 is 9.92. The van der Waals surface area contributed by atoms with Gasteiger partial charge >= 0.3 is 11.9 Å². The lowest BCUT2D eigenvalue weighted by Crippen LogP contribution is -2.06. The normalized spacial score (nSPS) is 10.2. The van der Waals surface area contributed by atoms with Gasteiger partial charge in [0.15, 0.2) is 0 Å². The second-order valence-electron chi connectivity index (χ2n) is 5.49. The van der Waals surface area contributed by atoms with E-state index in [-0.39, 0.29) is 11.9 Å². The predicted octanol–water partition coefficient (Wildman–Crippen LogP) is 4.49. The second-order valence-corrected chi connectivity index (χ2v) is 5.49. The van der Waals surface area contributed by atoms with Gasteiger partial charge < -0.3 is 9.47 Å². The van der Waals surface area contributed by atoms with E-state index in [0.717, 1.165) is 30.4 Å². The van der Waals surface area contributed by atoms with Crippen LogP contribution in [-0.2, 0) is 9.47 Å². The molecule has 4 nitrogen and oxygen atoms in total. The van der Waals surface area contributed by atoms with Crippen LogP contribution in [0, 0.1) is 0 Å². The Morgan fingerprint density at radius 3 is 1.75 bits per heavy atom. The summed E-state index contributed by atoms with van der Waals surface area (Å²) in [5.41, 5.74) is 2.98. The van der Waals surface area contributed by atoms with Crippen LogP contribution in [0.15, 0.2) is 48.5 Å². The fraction of sp³-hybridized carbons (Fsp3) is 0.300. The lowest BCUT2D eigenvalue weighted by atomic mass is 10.0. The predicted molar refractivity (Wildman–Crippen MR) is 93.0 cm³/mol. The largest absolute Gasteiger partial charge is 0.465 e. The van der Waals surface area contributed by atoms with Gasteiger partial charge in [-0.25, -0.2) is 9.59 Å². The molecule has 0 aromatic heterocycles. The van der Waals surface area contributed by atoms with Gasteiger partial charge in [-0.1, -0.05) is 44.0 Å². The van der Waals surface area contributed by atoms with E-state index in [2.05, 4.69) is 11.7 Å². The highest BCUT2D eigenvalue weighted by molar-refractivity contribution is 5.91. The van der Waals surface area contributed by atoms with E-state index in [1.54, 1.807) is 24.3 Å². The van der Waals surface area contributed by atoms with Crippen LogP contribution in [0.1, 0.15) is 46.9 Å². The van der Waals surface area contributed by atoms with Crippen molar-refractivity contribution in [2.24, 2.45) is 0 Å². The number of benzene rings is 2. The number of carbonyl (C=O) groups excluding carboxylic acids is 2. The van der Waals surface area contributed by atoms with Crippen LogP contribution in [0.4, 0.5) is 0 Å². The number of ether oxygens (including phenoxy) is 2. The topological polar surface area (TPSA) is 52.6 Å². The van der Waals surface area contributed by atoms with E-state index in [1.165, 1.54) is 7.11 Å². The molecule has 0 atom stereocenters. The first-order chi connectivity index (χ1) is 11.7. The number of hydrogen-bond acceptors (Lipinski definition) is 4. The minimum Gasteiger partial charge on any atom is -0.465 e. The van der Waals surface area contributed by atoms with Gasteiger partial charge in [-0.05, 0) is 41.8 Å². The third kappa shape index (κ3) is 4.69. The van der Waals surface area contributed by atoms with Gasteiger partial charge in [0.25, 0.3) is 0 Å². The zero-order chi connectivity index (χ0) is 17.4. The molecule has 0 N–H and O–H groups in total. The van der Waals surface area contributed by atoms with Crippen LogP contribution in [0.25, 0.3) is 11.1 Å². The van der Waals surface area contributed by atoms with Crippen molar-refractivity contribution in [3.63, 3.8) is 0 Å². The van der Waals surface area contributed by atoms with E-state index in [1.807, 2.05) is 24.3 Å². The van der Waals surface area contributed by atoms with Gasteiger partial charge in [-0.3, -0.25) is 0 Å². The van der Waals surface area contributed by atoms with E-state index in [9.17, 15) is 9.59 Å². The lowest BCUT2D eigenvalue weighted by molar-refractivity contribution is 0.0497. The third-order valence-electron chi connectivity index (χ3n) is 3.74. The highest BCUT2D eigenvalue weighted by Gasteiger charge is 2.08. The Morgan fingerprint density at radius 2 is 1.29 bits per heavy atom. The van der Waals surface area contributed by atoms with Crippen molar-refractivity contribution in [1.82, 2.24) is 0 Å². The summed E-state index contributed by atoms with van der Waals surface area (Å²) in [4.78, 5) is 23.4. The lowest BCUT2D eigenvalue weighted by Gasteiger charge is -2.06. The van der Waals surface area contributed by atoms with Crippen molar-refractivity contribution in [3.05, 3.63) is 59.7 Å². The summed E-state index contributed by atoms with van der Waals surface area (Å²) >= 11 is 0. The molecule has 2 rings (SSSR count). The number of methoxy groups -OCH3 is 1. The van der Waals surface area contributed by atoms with Gasteiger partial charge in [0.2, 0.25) is 0 Å². The summed E-state index contributed by atoms with van der Waals surface area (Å²) in [6.07, 6.45) is 3.06. The molecule has 0 saturated carbocycles. The van der Waals surface area contributed by atoms with Crippen LogP contribution in [-0.4, -0.2) is 25.7 Å². The monoisotopic (exact) mass is 326 g/mol. The van der Waals surface area contributed by atoms with Crippen LogP contribution in [0.5, 0.6) is 0 Å². The van der Waals surface area contributed by atoms with E-state index < -0.39 is 0 Å². The summed E-state index contributed by atoms with van der Waals surface area (Å²) in [6.45, 7) is 2.57. The minimum absolute atomic E-state index is 0.293. The zero-order valence-corrected chi connectivity index (χ0v) is 14.1. The van der Waals surface area contributed by atoms with Crippen LogP contribution >= 0.6 is 0 Å². The van der Waals surface area contributed by atoms with Gasteiger partial charge in [0.05, 0.1) is 24.8 Å². The average molecular weight is 326 g/mol. The Bertz CT molecular complexity index is 672. The first-order valence-corrected chi connectivity index (χ1v) is 8.11. The Labute approximate surface area is 142 Å². The molecule has 0 saturated heterocycles. The molecule has 4 heteroatoms. The highest BCUT2D eigenvalue weighted by Crippen LogP contribution is 2.21.